The summed E-state index contributed by atoms with van der Waals surface area (Å²) >= 11 is 6.10. The number of hydrogen-bond acceptors (Lipinski definition) is 3. The van der Waals surface area contributed by atoms with E-state index >= 15 is 0 Å². The average Bonchev–Trinajstić information content (AvgIpc) is 2.62. The number of anilines is 1. The van der Waals surface area contributed by atoms with Crippen LogP contribution in [-0.4, -0.2) is 42.6 Å². The molecule has 5 heteroatoms. The number of carbonyl (C=O) groups excluding carboxylic acids is 1. The number of ether oxygens (including phenoxy) is 1. The van der Waals surface area contributed by atoms with E-state index in [-0.39, 0.29) is 11.5 Å². The average molecular weight is 393 g/mol. The van der Waals surface area contributed by atoms with Crippen LogP contribution in [0.4, 0.5) is 5.69 Å². The van der Waals surface area contributed by atoms with Crippen LogP contribution in [-0.2, 0) is 9.53 Å². The molecule has 1 amide bonds. The van der Waals surface area contributed by atoms with Gasteiger partial charge in [-0.15, -0.1) is 0 Å². The molecule has 0 aromatic heterocycles. The Morgan fingerprint density at radius 1 is 1.22 bits per heavy atom. The van der Waals surface area contributed by atoms with Gasteiger partial charge in [-0.3, -0.25) is 4.79 Å². The molecule has 1 atom stereocenters. The first-order valence-corrected chi connectivity index (χ1v) is 10.7. The minimum Gasteiger partial charge on any atom is -0.376 e. The predicted octanol–water partition coefficient (Wildman–Crippen LogP) is 4.98. The van der Waals surface area contributed by atoms with Crippen LogP contribution in [0.25, 0.3) is 0 Å². The molecule has 0 spiro atoms. The van der Waals surface area contributed by atoms with Gasteiger partial charge in [-0.25, -0.2) is 0 Å². The Kier molecular flexibility index (Phi) is 7.18. The van der Waals surface area contributed by atoms with Crippen molar-refractivity contribution in [1.82, 2.24) is 4.90 Å². The van der Waals surface area contributed by atoms with Gasteiger partial charge < -0.3 is 15.0 Å². The van der Waals surface area contributed by atoms with Crippen LogP contribution < -0.4 is 5.32 Å². The van der Waals surface area contributed by atoms with E-state index in [1.54, 1.807) is 6.07 Å². The zero-order valence-electron chi connectivity index (χ0n) is 16.7. The molecule has 1 aromatic rings. The summed E-state index contributed by atoms with van der Waals surface area (Å²) in [4.78, 5) is 14.8. The van der Waals surface area contributed by atoms with Crippen molar-refractivity contribution in [3.05, 3.63) is 29.3 Å². The fourth-order valence-electron chi connectivity index (χ4n) is 4.45. The van der Waals surface area contributed by atoms with Crippen LogP contribution in [0, 0.1) is 11.8 Å². The van der Waals surface area contributed by atoms with Crippen molar-refractivity contribution in [3.8, 4) is 0 Å². The van der Waals surface area contributed by atoms with Crippen LogP contribution in [0.15, 0.2) is 24.3 Å². The highest BCUT2D eigenvalue weighted by atomic mass is 35.5. The van der Waals surface area contributed by atoms with E-state index in [1.807, 2.05) is 18.2 Å². The number of piperidine rings is 1. The Bertz CT molecular complexity index is 626. The third kappa shape index (κ3) is 6.48. The highest BCUT2D eigenvalue weighted by Gasteiger charge is 2.30. The van der Waals surface area contributed by atoms with Crippen LogP contribution in [0.1, 0.15) is 52.4 Å². The van der Waals surface area contributed by atoms with Crippen molar-refractivity contribution in [2.45, 2.75) is 58.0 Å². The van der Waals surface area contributed by atoms with Gasteiger partial charge in [0.15, 0.2) is 0 Å². The second-order valence-corrected chi connectivity index (χ2v) is 9.18. The summed E-state index contributed by atoms with van der Waals surface area (Å²) in [6, 6.07) is 7.40. The van der Waals surface area contributed by atoms with Crippen molar-refractivity contribution < 1.29 is 9.53 Å². The molecule has 0 aliphatic carbocycles. The summed E-state index contributed by atoms with van der Waals surface area (Å²) in [5, 5.41) is 3.52. The number of amides is 1. The zero-order valence-corrected chi connectivity index (χ0v) is 17.4. The SMILES string of the molecule is CC1(C)C[C@H](CN2CCC(CCC(=O)Nc3ccccc3Cl)CC2)CCO1. The smallest absolute Gasteiger partial charge is 0.224 e. The molecule has 4 nitrogen and oxygen atoms in total. The summed E-state index contributed by atoms with van der Waals surface area (Å²) in [5.74, 6) is 1.48. The van der Waals surface area contributed by atoms with E-state index in [2.05, 4.69) is 24.1 Å². The van der Waals surface area contributed by atoms with Crippen LogP contribution in [0.3, 0.4) is 0 Å². The number of likely N-dealkylation sites (tertiary alicyclic amines) is 1. The largest absolute Gasteiger partial charge is 0.376 e. The molecular formula is C22H33ClN2O2. The van der Waals surface area contributed by atoms with Crippen molar-refractivity contribution in [2.24, 2.45) is 11.8 Å². The van der Waals surface area contributed by atoms with Gasteiger partial charge in [0.1, 0.15) is 0 Å². The first kappa shape index (κ1) is 20.6. The standard InChI is InChI=1S/C22H33ClN2O2/c1-22(2)15-18(11-14-27-22)16-25-12-9-17(10-13-25)7-8-21(26)24-20-6-4-3-5-19(20)23/h3-6,17-18H,7-16H2,1-2H3,(H,24,26)/t18-/m1/s1. The molecule has 3 rings (SSSR count). The minimum atomic E-state index is 0.0379. The number of nitrogens with one attached hydrogen (secondary N) is 1. The maximum absolute atomic E-state index is 12.2. The fraction of sp³-hybridized carbons (Fsp3) is 0.682. The van der Waals surface area contributed by atoms with Gasteiger partial charge in [-0.2, -0.15) is 0 Å². The maximum Gasteiger partial charge on any atom is 0.224 e. The molecule has 27 heavy (non-hydrogen) atoms. The molecule has 2 aliphatic heterocycles. The number of rotatable bonds is 6. The van der Waals surface area contributed by atoms with Gasteiger partial charge >= 0.3 is 0 Å². The molecule has 0 unspecified atom stereocenters. The monoisotopic (exact) mass is 392 g/mol. The molecule has 2 aliphatic rings. The van der Waals surface area contributed by atoms with Gasteiger partial charge in [0.25, 0.3) is 0 Å². The number of hydrogen-bond donors (Lipinski definition) is 1. The molecule has 2 saturated heterocycles. The molecule has 2 heterocycles. The Morgan fingerprint density at radius 2 is 1.96 bits per heavy atom. The summed E-state index contributed by atoms with van der Waals surface area (Å²) in [6.45, 7) is 8.84. The van der Waals surface area contributed by atoms with Crippen molar-refractivity contribution >= 4 is 23.2 Å². The lowest BCUT2D eigenvalue weighted by molar-refractivity contribution is -0.116. The predicted molar refractivity (Wildman–Crippen MR) is 111 cm³/mol. The topological polar surface area (TPSA) is 41.6 Å². The summed E-state index contributed by atoms with van der Waals surface area (Å²) in [7, 11) is 0. The Labute approximate surface area is 168 Å². The fourth-order valence-corrected chi connectivity index (χ4v) is 4.63. The van der Waals surface area contributed by atoms with Gasteiger partial charge in [-0.1, -0.05) is 23.7 Å². The molecule has 1 N–H and O–H groups in total. The first-order chi connectivity index (χ1) is 12.9. The highest BCUT2D eigenvalue weighted by molar-refractivity contribution is 6.33. The van der Waals surface area contributed by atoms with Crippen LogP contribution in [0.5, 0.6) is 0 Å². The highest BCUT2D eigenvalue weighted by Crippen LogP contribution is 2.31. The molecule has 2 fully saturated rings. The van der Waals surface area contributed by atoms with Crippen molar-refractivity contribution in [3.63, 3.8) is 0 Å². The summed E-state index contributed by atoms with van der Waals surface area (Å²) in [6.07, 6.45) is 6.29. The number of para-hydroxylation sites is 1. The molecular weight excluding hydrogens is 360 g/mol. The molecule has 0 bridgehead atoms. The number of carbonyl (C=O) groups is 1. The number of nitrogens with zero attached hydrogens (tertiary/aromatic N) is 1. The normalized spacial score (nSPS) is 23.9. The quantitative estimate of drug-likeness (QED) is 0.742. The van der Waals surface area contributed by atoms with Crippen LogP contribution in [0.2, 0.25) is 5.02 Å². The lowest BCUT2D eigenvalue weighted by Crippen LogP contribution is -2.42. The second-order valence-electron chi connectivity index (χ2n) is 8.78. The third-order valence-electron chi connectivity index (χ3n) is 5.95. The summed E-state index contributed by atoms with van der Waals surface area (Å²) < 4.78 is 5.84. The van der Waals surface area contributed by atoms with Gasteiger partial charge in [0.05, 0.1) is 16.3 Å². The molecule has 150 valence electrons. The van der Waals surface area contributed by atoms with E-state index in [9.17, 15) is 4.79 Å². The lowest BCUT2D eigenvalue weighted by Gasteiger charge is -2.39. The zero-order chi connectivity index (χ0) is 19.3. The van der Waals surface area contributed by atoms with Gasteiger partial charge in [0.2, 0.25) is 5.91 Å². The maximum atomic E-state index is 12.2. The summed E-state index contributed by atoms with van der Waals surface area (Å²) in [5.41, 5.74) is 0.745. The van der Waals surface area contributed by atoms with E-state index in [0.717, 1.165) is 38.5 Å². The minimum absolute atomic E-state index is 0.0379. The lowest BCUT2D eigenvalue weighted by atomic mass is 9.86. The van der Waals surface area contributed by atoms with Gasteiger partial charge in [0, 0.05) is 19.6 Å². The van der Waals surface area contributed by atoms with Gasteiger partial charge in [-0.05, 0) is 83.0 Å². The first-order valence-electron chi connectivity index (χ1n) is 10.3. The second kappa shape index (κ2) is 9.40. The van der Waals surface area contributed by atoms with Crippen molar-refractivity contribution in [1.29, 1.82) is 0 Å². The number of benzene rings is 1. The number of halogens is 1. The Balaban J connectivity index is 1.35. The van der Waals surface area contributed by atoms with E-state index in [4.69, 9.17) is 16.3 Å². The van der Waals surface area contributed by atoms with Crippen molar-refractivity contribution in [2.75, 3.05) is 31.6 Å². The molecule has 1 aromatic carbocycles. The molecule has 0 saturated carbocycles. The van der Waals surface area contributed by atoms with E-state index < -0.39 is 0 Å². The van der Waals surface area contributed by atoms with E-state index in [0.29, 0.717) is 23.0 Å². The van der Waals surface area contributed by atoms with Crippen LogP contribution >= 0.6 is 11.6 Å². The Morgan fingerprint density at radius 3 is 2.67 bits per heavy atom. The Hall–Kier alpha value is -1.10. The van der Waals surface area contributed by atoms with E-state index in [1.165, 1.54) is 25.8 Å². The third-order valence-corrected chi connectivity index (χ3v) is 6.28. The molecule has 0 radical (unpaired) electrons.